The van der Waals surface area contributed by atoms with Crippen LogP contribution in [0, 0.1) is 5.92 Å². The number of unbranched alkanes of at least 4 members (excludes halogenated alkanes) is 3. The number of rotatable bonds is 10. The zero-order chi connectivity index (χ0) is 21.2. The first-order chi connectivity index (χ1) is 14.7. The predicted molar refractivity (Wildman–Crippen MR) is 115 cm³/mol. The van der Waals surface area contributed by atoms with Gasteiger partial charge in [0.05, 0.1) is 12.5 Å². The molecule has 2 aromatic rings. The van der Waals surface area contributed by atoms with Gasteiger partial charge in [-0.2, -0.15) is 0 Å². The van der Waals surface area contributed by atoms with E-state index in [1.165, 1.54) is 6.42 Å². The maximum atomic E-state index is 12.8. The van der Waals surface area contributed by atoms with Crippen LogP contribution in [0.4, 0.5) is 0 Å². The summed E-state index contributed by atoms with van der Waals surface area (Å²) in [7, 11) is 0. The van der Waals surface area contributed by atoms with Gasteiger partial charge in [0.2, 0.25) is 0 Å². The lowest BCUT2D eigenvalue weighted by Gasteiger charge is -2.13. The Morgan fingerprint density at radius 1 is 0.800 bits per heavy atom. The molecule has 0 aromatic heterocycles. The fraction of sp³-hybridized carbons (Fsp3) is 0.280. The van der Waals surface area contributed by atoms with Gasteiger partial charge in [0.1, 0.15) is 11.3 Å². The van der Waals surface area contributed by atoms with E-state index < -0.39 is 17.9 Å². The van der Waals surface area contributed by atoms with E-state index >= 15 is 0 Å². The average molecular weight is 406 g/mol. The third kappa shape index (κ3) is 5.83. The third-order valence-corrected chi connectivity index (χ3v) is 4.64. The van der Waals surface area contributed by atoms with E-state index in [1.54, 1.807) is 66.8 Å². The molecule has 0 fully saturated rings. The molecule has 0 radical (unpaired) electrons. The van der Waals surface area contributed by atoms with E-state index in [-0.39, 0.29) is 11.3 Å². The molecule has 156 valence electrons. The molecule has 0 heterocycles. The summed E-state index contributed by atoms with van der Waals surface area (Å²) in [5, 5.41) is 0. The van der Waals surface area contributed by atoms with Crippen LogP contribution in [-0.2, 0) is 4.79 Å². The highest BCUT2D eigenvalue weighted by atomic mass is 16.6. The Hall–Kier alpha value is -3.34. The summed E-state index contributed by atoms with van der Waals surface area (Å²) < 4.78 is 16.8. The molecular formula is C25H26O5. The van der Waals surface area contributed by atoms with E-state index in [0.717, 1.165) is 19.3 Å². The van der Waals surface area contributed by atoms with Gasteiger partial charge in [-0.15, -0.1) is 0 Å². The molecule has 5 nitrogen and oxygen atoms in total. The van der Waals surface area contributed by atoms with E-state index in [2.05, 4.69) is 6.92 Å². The van der Waals surface area contributed by atoms with Crippen molar-refractivity contribution in [2.45, 2.75) is 32.6 Å². The summed E-state index contributed by atoms with van der Waals surface area (Å²) in [4.78, 5) is 25.1. The molecule has 0 spiro atoms. The summed E-state index contributed by atoms with van der Waals surface area (Å²) in [5.41, 5.74) is 0.176. The highest BCUT2D eigenvalue weighted by molar-refractivity contribution is 5.95. The van der Waals surface area contributed by atoms with Crippen LogP contribution in [0.15, 0.2) is 72.8 Å². The molecule has 0 atom stereocenters. The fourth-order valence-corrected chi connectivity index (χ4v) is 3.01. The monoisotopic (exact) mass is 406 g/mol. The second kappa shape index (κ2) is 11.0. The van der Waals surface area contributed by atoms with Crippen LogP contribution < -0.4 is 14.2 Å². The van der Waals surface area contributed by atoms with Crippen molar-refractivity contribution in [1.82, 2.24) is 0 Å². The zero-order valence-electron chi connectivity index (χ0n) is 17.1. The largest absolute Gasteiger partial charge is 0.490 e. The highest BCUT2D eigenvalue weighted by Gasteiger charge is 2.22. The normalized spacial score (nSPS) is 12.7. The first kappa shape index (κ1) is 21.4. The maximum Gasteiger partial charge on any atom is 0.347 e. The third-order valence-electron chi connectivity index (χ3n) is 4.64. The predicted octanol–water partition coefficient (Wildman–Crippen LogP) is 5.51. The number of hydrogen-bond donors (Lipinski definition) is 0. The zero-order valence-corrected chi connectivity index (χ0v) is 17.1. The van der Waals surface area contributed by atoms with Gasteiger partial charge < -0.3 is 14.2 Å². The number of carbonyl (C=O) groups is 2. The minimum Gasteiger partial charge on any atom is -0.490 e. The van der Waals surface area contributed by atoms with Crippen molar-refractivity contribution < 1.29 is 23.8 Å². The number of esters is 2. The number of ether oxygens (including phenoxy) is 3. The lowest BCUT2D eigenvalue weighted by atomic mass is 10.1. The first-order valence-corrected chi connectivity index (χ1v) is 10.3. The van der Waals surface area contributed by atoms with Crippen molar-refractivity contribution in [3.05, 3.63) is 78.4 Å². The topological polar surface area (TPSA) is 61.8 Å². The van der Waals surface area contributed by atoms with Crippen LogP contribution in [0.3, 0.4) is 0 Å². The second-order valence-corrected chi connectivity index (χ2v) is 6.96. The average Bonchev–Trinajstić information content (AvgIpc) is 3.30. The molecule has 0 bridgehead atoms. The molecule has 2 aromatic carbocycles. The number of hydrogen-bond acceptors (Lipinski definition) is 5. The standard InChI is InChI=1S/C25H26O5/c1-2-3-4-11-18-28-22-16-9-10-17-23(22)30-25(27)20-14-7-8-15-21(20)29-24(26)19-12-5-6-13-19/h5-10,12-17,19H,2-4,11,18H2,1H3. The van der Waals surface area contributed by atoms with Gasteiger partial charge in [-0.05, 0) is 30.7 Å². The van der Waals surface area contributed by atoms with Crippen molar-refractivity contribution in [3.8, 4) is 17.2 Å². The van der Waals surface area contributed by atoms with E-state index in [9.17, 15) is 9.59 Å². The molecule has 30 heavy (non-hydrogen) atoms. The Kier molecular flexibility index (Phi) is 7.84. The van der Waals surface area contributed by atoms with Crippen LogP contribution in [0.5, 0.6) is 17.2 Å². The Balaban J connectivity index is 1.67. The SMILES string of the molecule is CCCCCCOc1ccccc1OC(=O)c1ccccc1OC(=O)C1C=CC=C1. The van der Waals surface area contributed by atoms with Crippen molar-refractivity contribution in [2.75, 3.05) is 6.61 Å². The van der Waals surface area contributed by atoms with Crippen LogP contribution in [0.25, 0.3) is 0 Å². The van der Waals surface area contributed by atoms with Crippen LogP contribution in [0.2, 0.25) is 0 Å². The molecule has 0 saturated carbocycles. The van der Waals surface area contributed by atoms with Crippen molar-refractivity contribution in [1.29, 1.82) is 0 Å². The molecule has 0 N–H and O–H groups in total. The number of benzene rings is 2. The lowest BCUT2D eigenvalue weighted by molar-refractivity contribution is -0.135. The van der Waals surface area contributed by atoms with Crippen LogP contribution in [0.1, 0.15) is 43.0 Å². The molecule has 1 aliphatic rings. The molecule has 0 aliphatic heterocycles. The first-order valence-electron chi connectivity index (χ1n) is 10.3. The van der Waals surface area contributed by atoms with Gasteiger partial charge in [-0.3, -0.25) is 4.79 Å². The lowest BCUT2D eigenvalue weighted by Crippen LogP contribution is -2.19. The second-order valence-electron chi connectivity index (χ2n) is 6.96. The number of carbonyl (C=O) groups excluding carboxylic acids is 2. The summed E-state index contributed by atoms with van der Waals surface area (Å²) in [5.74, 6) is -0.497. The smallest absolute Gasteiger partial charge is 0.347 e. The van der Waals surface area contributed by atoms with Crippen molar-refractivity contribution in [3.63, 3.8) is 0 Å². The quantitative estimate of drug-likeness (QED) is 0.296. The summed E-state index contributed by atoms with van der Waals surface area (Å²) in [6.45, 7) is 2.72. The van der Waals surface area contributed by atoms with Gasteiger partial charge >= 0.3 is 11.9 Å². The molecular weight excluding hydrogens is 380 g/mol. The maximum absolute atomic E-state index is 12.8. The fourth-order valence-electron chi connectivity index (χ4n) is 3.01. The van der Waals surface area contributed by atoms with Gasteiger partial charge in [0.25, 0.3) is 0 Å². The van der Waals surface area contributed by atoms with E-state index in [1.807, 2.05) is 6.07 Å². The number of allylic oxidation sites excluding steroid dienone is 2. The van der Waals surface area contributed by atoms with Gasteiger partial charge in [0.15, 0.2) is 11.5 Å². The molecule has 5 heteroatoms. The van der Waals surface area contributed by atoms with E-state index in [0.29, 0.717) is 18.1 Å². The Morgan fingerprint density at radius 2 is 1.47 bits per heavy atom. The van der Waals surface area contributed by atoms with E-state index in [4.69, 9.17) is 14.2 Å². The molecule has 1 aliphatic carbocycles. The summed E-state index contributed by atoms with van der Waals surface area (Å²) in [6.07, 6.45) is 11.4. The molecule has 0 unspecified atom stereocenters. The van der Waals surface area contributed by atoms with Gasteiger partial charge in [-0.1, -0.05) is 74.8 Å². The van der Waals surface area contributed by atoms with Crippen molar-refractivity contribution >= 4 is 11.9 Å². The van der Waals surface area contributed by atoms with Crippen LogP contribution in [-0.4, -0.2) is 18.5 Å². The van der Waals surface area contributed by atoms with Gasteiger partial charge in [-0.25, -0.2) is 4.79 Å². The van der Waals surface area contributed by atoms with Crippen molar-refractivity contribution in [2.24, 2.45) is 5.92 Å². The molecule has 0 amide bonds. The Bertz CT molecular complexity index is 917. The Morgan fingerprint density at radius 3 is 2.20 bits per heavy atom. The molecule has 3 rings (SSSR count). The minimum atomic E-state index is -0.613. The minimum absolute atomic E-state index is 0.166. The summed E-state index contributed by atoms with van der Waals surface area (Å²) >= 11 is 0. The Labute approximate surface area is 177 Å². The highest BCUT2D eigenvalue weighted by Crippen LogP contribution is 2.29. The van der Waals surface area contributed by atoms with Crippen LogP contribution >= 0.6 is 0 Å². The summed E-state index contributed by atoms with van der Waals surface area (Å²) in [6, 6.07) is 13.6. The molecule has 0 saturated heterocycles. The number of para-hydroxylation sites is 3. The van der Waals surface area contributed by atoms with Gasteiger partial charge in [0, 0.05) is 0 Å².